The molecule has 1 N–H and O–H groups in total. The van der Waals surface area contributed by atoms with Gasteiger partial charge in [0.1, 0.15) is 0 Å². The minimum atomic E-state index is -1.35. The van der Waals surface area contributed by atoms with Gasteiger partial charge in [0.15, 0.2) is 11.7 Å². The molecule has 1 saturated carbocycles. The Morgan fingerprint density at radius 2 is 1.93 bits per heavy atom. The summed E-state index contributed by atoms with van der Waals surface area (Å²) in [6.45, 7) is 3.74. The fourth-order valence-electron chi connectivity index (χ4n) is 3.62. The number of nitriles is 1. The second-order valence-electron chi connectivity index (χ2n) is 7.11. The molecule has 140 valence electrons. The number of amides is 1. The zero-order valence-electron chi connectivity index (χ0n) is 15.7. The van der Waals surface area contributed by atoms with E-state index in [1.54, 1.807) is 11.6 Å². The molecule has 1 atom stereocenters. The standard InChI is InChI=1S/C21H24N4O2/c1-14-8-6-7-11-19(14)25-15(2)18(13-23-25)20(26)17(12-22)21(27)24-16-9-4-3-5-10-16/h6-8,11,13,16-17H,3-5,9-10H2,1-2H3,(H,24,27). The normalized spacial score (nSPS) is 15.7. The molecule has 2 aromatic rings. The third kappa shape index (κ3) is 3.92. The highest BCUT2D eigenvalue weighted by Crippen LogP contribution is 2.21. The van der Waals surface area contributed by atoms with E-state index in [0.717, 1.165) is 36.9 Å². The number of Topliss-reactive ketones (excluding diaryl/α,β-unsaturated/α-hetero) is 1. The highest BCUT2D eigenvalue weighted by molar-refractivity contribution is 6.12. The van der Waals surface area contributed by atoms with Gasteiger partial charge in [0, 0.05) is 6.04 Å². The van der Waals surface area contributed by atoms with Gasteiger partial charge in [-0.05, 0) is 38.3 Å². The SMILES string of the molecule is Cc1ccccc1-n1ncc(C(=O)C(C#N)C(=O)NC2CCCCC2)c1C. The number of rotatable bonds is 5. The van der Waals surface area contributed by atoms with Crippen LogP contribution in [0.25, 0.3) is 5.69 Å². The highest BCUT2D eigenvalue weighted by Gasteiger charge is 2.31. The topological polar surface area (TPSA) is 87.8 Å². The molecule has 1 aromatic carbocycles. The minimum absolute atomic E-state index is 0.0608. The first-order valence-electron chi connectivity index (χ1n) is 9.37. The predicted molar refractivity (Wildman–Crippen MR) is 101 cm³/mol. The molecule has 1 heterocycles. The second kappa shape index (κ2) is 8.17. The Bertz CT molecular complexity index is 888. The van der Waals surface area contributed by atoms with Crippen LogP contribution in [0, 0.1) is 31.1 Å². The van der Waals surface area contributed by atoms with E-state index >= 15 is 0 Å². The van der Waals surface area contributed by atoms with Crippen molar-refractivity contribution in [2.45, 2.75) is 52.0 Å². The Labute approximate surface area is 159 Å². The molecular formula is C21H24N4O2. The zero-order valence-corrected chi connectivity index (χ0v) is 15.7. The van der Waals surface area contributed by atoms with Crippen LogP contribution in [0.4, 0.5) is 0 Å². The number of para-hydroxylation sites is 1. The number of carbonyl (C=O) groups excluding carboxylic acids is 2. The average Bonchev–Trinajstić information content (AvgIpc) is 3.04. The van der Waals surface area contributed by atoms with E-state index in [1.807, 2.05) is 37.3 Å². The molecule has 6 heteroatoms. The smallest absolute Gasteiger partial charge is 0.245 e. The summed E-state index contributed by atoms with van der Waals surface area (Å²) in [6.07, 6.45) is 6.56. The van der Waals surface area contributed by atoms with Crippen LogP contribution in [0.3, 0.4) is 0 Å². The van der Waals surface area contributed by atoms with Gasteiger partial charge in [0.05, 0.1) is 29.2 Å². The molecule has 0 aliphatic heterocycles. The van der Waals surface area contributed by atoms with Crippen LogP contribution in [0.5, 0.6) is 0 Å². The molecule has 0 spiro atoms. The fourth-order valence-corrected chi connectivity index (χ4v) is 3.62. The Kier molecular flexibility index (Phi) is 5.70. The van der Waals surface area contributed by atoms with E-state index in [1.165, 1.54) is 12.6 Å². The molecule has 1 fully saturated rings. The monoisotopic (exact) mass is 364 g/mol. The summed E-state index contributed by atoms with van der Waals surface area (Å²) < 4.78 is 1.68. The van der Waals surface area contributed by atoms with Crippen molar-refractivity contribution in [3.8, 4) is 11.8 Å². The van der Waals surface area contributed by atoms with Gasteiger partial charge in [-0.3, -0.25) is 9.59 Å². The summed E-state index contributed by atoms with van der Waals surface area (Å²) in [4.78, 5) is 25.4. The lowest BCUT2D eigenvalue weighted by Gasteiger charge is -2.23. The molecule has 3 rings (SSSR count). The first-order valence-corrected chi connectivity index (χ1v) is 9.37. The molecule has 1 unspecified atom stereocenters. The number of nitrogens with zero attached hydrogens (tertiary/aromatic N) is 3. The lowest BCUT2D eigenvalue weighted by atomic mass is 9.93. The molecule has 0 saturated heterocycles. The lowest BCUT2D eigenvalue weighted by Crippen LogP contribution is -2.42. The van der Waals surface area contributed by atoms with Crippen molar-refractivity contribution in [3.63, 3.8) is 0 Å². The number of carbonyl (C=O) groups is 2. The van der Waals surface area contributed by atoms with E-state index in [4.69, 9.17) is 0 Å². The Balaban J connectivity index is 1.81. The third-order valence-corrected chi connectivity index (χ3v) is 5.22. The molecule has 1 aliphatic rings. The molecule has 1 amide bonds. The van der Waals surface area contributed by atoms with E-state index in [9.17, 15) is 14.9 Å². The van der Waals surface area contributed by atoms with Gasteiger partial charge in [-0.25, -0.2) is 4.68 Å². The van der Waals surface area contributed by atoms with Crippen molar-refractivity contribution in [1.29, 1.82) is 5.26 Å². The lowest BCUT2D eigenvalue weighted by molar-refractivity contribution is -0.123. The Morgan fingerprint density at radius 1 is 1.22 bits per heavy atom. The van der Waals surface area contributed by atoms with E-state index in [-0.39, 0.29) is 6.04 Å². The van der Waals surface area contributed by atoms with Crippen molar-refractivity contribution >= 4 is 11.7 Å². The van der Waals surface area contributed by atoms with Crippen LogP contribution in [-0.4, -0.2) is 27.5 Å². The van der Waals surface area contributed by atoms with Crippen molar-refractivity contribution in [3.05, 3.63) is 47.3 Å². The van der Waals surface area contributed by atoms with Crippen LogP contribution in [0.1, 0.15) is 53.7 Å². The Morgan fingerprint density at radius 3 is 2.59 bits per heavy atom. The van der Waals surface area contributed by atoms with Gasteiger partial charge in [-0.1, -0.05) is 37.5 Å². The summed E-state index contributed by atoms with van der Waals surface area (Å²) in [5, 5.41) is 16.7. The molecule has 27 heavy (non-hydrogen) atoms. The maximum absolute atomic E-state index is 12.9. The van der Waals surface area contributed by atoms with E-state index < -0.39 is 17.6 Å². The summed E-state index contributed by atoms with van der Waals surface area (Å²) in [5.74, 6) is -2.35. The van der Waals surface area contributed by atoms with Gasteiger partial charge >= 0.3 is 0 Å². The van der Waals surface area contributed by atoms with Crippen LogP contribution in [0.2, 0.25) is 0 Å². The van der Waals surface area contributed by atoms with Crippen LogP contribution in [0.15, 0.2) is 30.5 Å². The van der Waals surface area contributed by atoms with Crippen molar-refractivity contribution < 1.29 is 9.59 Å². The van der Waals surface area contributed by atoms with Crippen LogP contribution >= 0.6 is 0 Å². The average molecular weight is 364 g/mol. The number of nitrogens with one attached hydrogen (secondary N) is 1. The highest BCUT2D eigenvalue weighted by atomic mass is 16.2. The van der Waals surface area contributed by atoms with Gasteiger partial charge in [0.25, 0.3) is 0 Å². The molecule has 1 aliphatic carbocycles. The zero-order chi connectivity index (χ0) is 19.4. The van der Waals surface area contributed by atoms with Crippen LogP contribution < -0.4 is 5.32 Å². The maximum atomic E-state index is 12.9. The number of aryl methyl sites for hydroxylation is 1. The quantitative estimate of drug-likeness (QED) is 0.651. The van der Waals surface area contributed by atoms with Crippen molar-refractivity contribution in [1.82, 2.24) is 15.1 Å². The molecular weight excluding hydrogens is 340 g/mol. The largest absolute Gasteiger partial charge is 0.352 e. The van der Waals surface area contributed by atoms with Gasteiger partial charge in [-0.15, -0.1) is 0 Å². The fraction of sp³-hybridized carbons (Fsp3) is 0.429. The number of hydrogen-bond donors (Lipinski definition) is 1. The number of ketones is 1. The summed E-state index contributed by atoms with van der Waals surface area (Å²) in [7, 11) is 0. The maximum Gasteiger partial charge on any atom is 0.245 e. The first kappa shape index (κ1) is 18.8. The summed E-state index contributed by atoms with van der Waals surface area (Å²) >= 11 is 0. The number of aromatic nitrogens is 2. The molecule has 0 bridgehead atoms. The minimum Gasteiger partial charge on any atom is -0.352 e. The Hall–Kier alpha value is -2.94. The predicted octanol–water partition coefficient (Wildman–Crippen LogP) is 3.26. The second-order valence-corrected chi connectivity index (χ2v) is 7.11. The first-order chi connectivity index (χ1) is 13.0. The van der Waals surface area contributed by atoms with Crippen molar-refractivity contribution in [2.24, 2.45) is 5.92 Å². The molecule has 0 radical (unpaired) electrons. The number of hydrogen-bond acceptors (Lipinski definition) is 4. The summed E-state index contributed by atoms with van der Waals surface area (Å²) in [5.41, 5.74) is 2.83. The van der Waals surface area contributed by atoms with Gasteiger partial charge in [0.2, 0.25) is 5.91 Å². The third-order valence-electron chi connectivity index (χ3n) is 5.22. The van der Waals surface area contributed by atoms with E-state index in [2.05, 4.69) is 10.4 Å². The molecule has 6 nitrogen and oxygen atoms in total. The van der Waals surface area contributed by atoms with Gasteiger partial charge in [-0.2, -0.15) is 10.4 Å². The van der Waals surface area contributed by atoms with Gasteiger partial charge < -0.3 is 5.32 Å². The van der Waals surface area contributed by atoms with Crippen LogP contribution in [-0.2, 0) is 4.79 Å². The number of benzene rings is 1. The molecule has 1 aromatic heterocycles. The van der Waals surface area contributed by atoms with E-state index in [0.29, 0.717) is 11.3 Å². The summed E-state index contributed by atoms with van der Waals surface area (Å²) in [6, 6.07) is 9.66. The van der Waals surface area contributed by atoms with Crippen molar-refractivity contribution in [2.75, 3.05) is 0 Å².